The van der Waals surface area contributed by atoms with Crippen molar-refractivity contribution in [3.05, 3.63) is 0 Å². The number of hydrogen-bond acceptors (Lipinski definition) is 48. The Kier molecular flexibility index (Phi) is 32.7. The minimum Gasteiger partial charge on any atom is -0.394 e. The molecule has 114 heavy (non-hydrogen) atoms. The Morgan fingerprint density at radius 3 is 0.965 bits per heavy atom. The molecule has 50 nitrogen and oxygen atoms in total. The van der Waals surface area contributed by atoms with Crippen LogP contribution in [0.5, 0.6) is 0 Å². The van der Waals surface area contributed by atoms with E-state index < -0.39 is 365 Å². The third kappa shape index (κ3) is 19.7. The van der Waals surface area contributed by atoms with Crippen molar-refractivity contribution in [1.29, 1.82) is 0 Å². The highest BCUT2D eigenvalue weighted by Gasteiger charge is 2.63. The van der Waals surface area contributed by atoms with Crippen LogP contribution in [-0.4, -0.2) is 503 Å². The molecule has 2 amide bonds. The molecule has 0 radical (unpaired) electrons. The number of nitrogens with one attached hydrogen (secondary N) is 2. The maximum absolute atomic E-state index is 14.1. The molecule has 0 spiro atoms. The van der Waals surface area contributed by atoms with Crippen molar-refractivity contribution in [3.8, 4) is 0 Å². The largest absolute Gasteiger partial charge is 0.394 e. The molecule has 10 aliphatic rings. The molecular weight excluding hydrogens is 1560 g/mol. The van der Waals surface area contributed by atoms with Crippen LogP contribution in [0.3, 0.4) is 0 Å². The first kappa shape index (κ1) is 93.4. The summed E-state index contributed by atoms with van der Waals surface area (Å²) in [6, 6.07) is -4.16. The molecule has 50 atom stereocenters. The Morgan fingerprint density at radius 1 is 0.246 bits per heavy atom. The van der Waals surface area contributed by atoms with E-state index in [0.717, 1.165) is 13.8 Å². The third-order valence-electron chi connectivity index (χ3n) is 21.5. The van der Waals surface area contributed by atoms with Crippen LogP contribution in [0.15, 0.2) is 0 Å². The predicted molar refractivity (Wildman–Crippen MR) is 349 cm³/mol. The van der Waals surface area contributed by atoms with Crippen LogP contribution in [0, 0.1) is 0 Å². The molecule has 0 aromatic rings. The summed E-state index contributed by atoms with van der Waals surface area (Å²) in [4.78, 5) is 27.3. The van der Waals surface area contributed by atoms with Crippen LogP contribution in [-0.2, 0) is 99.6 Å². The molecule has 662 valence electrons. The molecule has 0 aromatic carbocycles. The highest BCUT2D eigenvalue weighted by molar-refractivity contribution is 5.73. The van der Waals surface area contributed by atoms with Gasteiger partial charge in [0, 0.05) is 13.8 Å². The second kappa shape index (κ2) is 40.0. The lowest BCUT2D eigenvalue weighted by Gasteiger charge is -2.53. The van der Waals surface area contributed by atoms with Crippen LogP contribution >= 0.6 is 0 Å². The summed E-state index contributed by atoms with van der Waals surface area (Å²) in [6.07, 6.45) is -100. The maximum Gasteiger partial charge on any atom is 0.217 e. The molecule has 50 heteroatoms. The van der Waals surface area contributed by atoms with Gasteiger partial charge in [0.15, 0.2) is 62.9 Å². The number of hydrogen-bond donors (Lipinski definition) is 29. The van der Waals surface area contributed by atoms with Crippen LogP contribution in [0.1, 0.15) is 34.6 Å². The van der Waals surface area contributed by atoms with Gasteiger partial charge in [-0.05, 0) is 20.8 Å². The minimum absolute atomic E-state index is 0.882. The Balaban J connectivity index is 1.08. The van der Waals surface area contributed by atoms with Gasteiger partial charge in [0.2, 0.25) is 11.8 Å². The van der Waals surface area contributed by atoms with Crippen LogP contribution in [0.4, 0.5) is 0 Å². The summed E-state index contributed by atoms with van der Waals surface area (Å²) < 4.78 is 115. The number of aliphatic hydroxyl groups is 27. The molecule has 0 aromatic heterocycles. The summed E-state index contributed by atoms with van der Waals surface area (Å²) in [7, 11) is 0. The standard InChI is InChI=1S/C64H108N2O48/c1-13-27(75)33(81)40(88)57(97-13)96-12-24-50(51(25(55(95)100-24)65-16(4)73)111-58-41(89)34(82)28(76)14(2)98-58)108-56-26(66-17(5)74)52(112-64-54(38(86)29(77)15(3)99-64)114-61-44(92)37(85)32(80)20(8-69)103-61)48(22(10-71)104-56)109-63-46(94)53(49(23(11-72)106-63)110-60-43(91)36(84)31(79)19(7-68)102-60)113-62-45(93)39(87)47(21(9-70)105-62)107-59-42(90)35(83)30(78)18(6-67)101-59/h13-15,18-64,67-72,75-95H,6-12H2,1-5H3,(H,65,73)(H,66,74)/t13-,14-,15-,18+,19+,20+,21+,22+,23+,24+,25+,26+,27+,28+,29+,30-,31-,32-,33+,34+,35-,36-,37-,38+,39+,40-,41-,42+,43+,44+,45-,46-,47+,48+,49+,50+,51+,52+,53+,54-,55+,56-,57+,58-,59+,60-,61?,62+,63-,64-/m0/s1. The quantitative estimate of drug-likeness (QED) is 0.0363. The van der Waals surface area contributed by atoms with E-state index in [1.165, 1.54) is 20.8 Å². The molecule has 10 heterocycles. The number of aliphatic hydroxyl groups excluding tert-OH is 27. The maximum atomic E-state index is 14.1. The first-order chi connectivity index (χ1) is 53.8. The van der Waals surface area contributed by atoms with Gasteiger partial charge in [-0.2, -0.15) is 0 Å². The Morgan fingerprint density at radius 2 is 0.518 bits per heavy atom. The van der Waals surface area contributed by atoms with E-state index in [-0.39, 0.29) is 0 Å². The molecule has 10 rings (SSSR count). The van der Waals surface area contributed by atoms with Gasteiger partial charge in [-0.1, -0.05) is 0 Å². The molecule has 0 bridgehead atoms. The van der Waals surface area contributed by atoms with Gasteiger partial charge in [0.25, 0.3) is 0 Å². The highest BCUT2D eigenvalue weighted by Crippen LogP contribution is 2.42. The fourth-order valence-electron chi connectivity index (χ4n) is 15.0. The molecule has 0 aliphatic carbocycles. The van der Waals surface area contributed by atoms with E-state index in [9.17, 15) is 147 Å². The van der Waals surface area contributed by atoms with Crippen molar-refractivity contribution >= 4 is 11.8 Å². The van der Waals surface area contributed by atoms with Crippen molar-refractivity contribution in [3.63, 3.8) is 0 Å². The van der Waals surface area contributed by atoms with Crippen LogP contribution < -0.4 is 10.6 Å². The smallest absolute Gasteiger partial charge is 0.217 e. The summed E-state index contributed by atoms with van der Waals surface area (Å²) >= 11 is 0. The van der Waals surface area contributed by atoms with Gasteiger partial charge in [-0.25, -0.2) is 0 Å². The normalized spacial score (nSPS) is 52.5. The summed E-state index contributed by atoms with van der Waals surface area (Å²) in [6.45, 7) is -2.45. The third-order valence-corrected chi connectivity index (χ3v) is 21.5. The van der Waals surface area contributed by atoms with E-state index in [0.29, 0.717) is 0 Å². The lowest BCUT2D eigenvalue weighted by atomic mass is 9.92. The van der Waals surface area contributed by atoms with E-state index >= 15 is 0 Å². The molecule has 10 fully saturated rings. The van der Waals surface area contributed by atoms with Crippen LogP contribution in [0.25, 0.3) is 0 Å². The van der Waals surface area contributed by atoms with E-state index in [2.05, 4.69) is 10.6 Å². The first-order valence-electron chi connectivity index (χ1n) is 36.7. The zero-order valence-corrected chi connectivity index (χ0v) is 61.5. The van der Waals surface area contributed by atoms with Crippen molar-refractivity contribution < 1.29 is 237 Å². The summed E-state index contributed by atoms with van der Waals surface area (Å²) in [5, 5.41) is 305. The van der Waals surface area contributed by atoms with Gasteiger partial charge in [0.05, 0.1) is 64.6 Å². The van der Waals surface area contributed by atoms with Gasteiger partial charge in [-0.3, -0.25) is 9.59 Å². The van der Waals surface area contributed by atoms with Gasteiger partial charge >= 0.3 is 0 Å². The average Bonchev–Trinajstić information content (AvgIpc) is 0.752. The monoisotopic (exact) mass is 1670 g/mol. The zero-order valence-electron chi connectivity index (χ0n) is 61.5. The van der Waals surface area contributed by atoms with Gasteiger partial charge < -0.3 is 239 Å². The zero-order chi connectivity index (χ0) is 83.8. The summed E-state index contributed by atoms with van der Waals surface area (Å²) in [5.41, 5.74) is 0. The molecule has 1 unspecified atom stereocenters. The first-order valence-corrected chi connectivity index (χ1v) is 36.7. The second-order valence-corrected chi connectivity index (χ2v) is 29.5. The number of rotatable bonds is 27. The molecule has 29 N–H and O–H groups in total. The number of amides is 2. The number of carbonyl (C=O) groups excluding carboxylic acids is 2. The number of carbonyl (C=O) groups is 2. The number of ether oxygens (including phenoxy) is 19. The summed E-state index contributed by atoms with van der Waals surface area (Å²) in [5.74, 6) is -2.04. The van der Waals surface area contributed by atoms with Gasteiger partial charge in [-0.15, -0.1) is 0 Å². The molecule has 10 aliphatic heterocycles. The average molecular weight is 1670 g/mol. The van der Waals surface area contributed by atoms with Crippen molar-refractivity contribution in [2.45, 2.75) is 342 Å². The van der Waals surface area contributed by atoms with Crippen molar-refractivity contribution in [2.24, 2.45) is 0 Å². The SMILES string of the molecule is CC(=O)N[C@@H]1[C@@H](O[C@@H]2O[C@@H](C)[C@@H](O)[C@@H](O)[C@@H]2O)[C@H](O[C@@H]2O[C@H](CO)[C@@H](O[C@@H]3O[C@H](CO)[C@@H](O[C@@H]4O[C@H](CO)[C@H](O)[C@H](O)[C@H]4O)[C@H](O[C@H]4O[C@H](CO)[C@@H](O[C@H]5O[C@H](CO)[C@H](O)[C@H](O)[C@H]5O)[C@H](O)[C@@H]4O)[C@@H]3O)[C@H](O[C@@H]3O[C@@H](C)[C@@H](O)[C@@H](O)[C@@H]3OC3O[C@H](CO)[C@H](O)[C@H](O)[C@H]3O)[C@H]2NC(C)=O)[C@@H](CO[C@@H]2O[C@@H](C)[C@@H](O)[C@@H](O)[C@@H]2O)O[C@H]1O. The van der Waals surface area contributed by atoms with Gasteiger partial charge in [0.1, 0.15) is 226 Å². The highest BCUT2D eigenvalue weighted by atomic mass is 16.8. The fraction of sp³-hybridized carbons (Fsp3) is 0.969. The van der Waals surface area contributed by atoms with Crippen molar-refractivity contribution in [2.75, 3.05) is 46.2 Å². The molecule has 0 saturated carbocycles. The minimum atomic E-state index is -2.65. The van der Waals surface area contributed by atoms with Crippen LogP contribution in [0.2, 0.25) is 0 Å². The predicted octanol–water partition coefficient (Wildman–Crippen LogP) is -19.4. The molecule has 10 saturated heterocycles. The van der Waals surface area contributed by atoms with E-state index in [1.54, 1.807) is 0 Å². The Labute approximate surface area is 646 Å². The van der Waals surface area contributed by atoms with E-state index in [1.807, 2.05) is 0 Å². The fourth-order valence-corrected chi connectivity index (χ4v) is 15.0. The topological polar surface area (TPSA) is 780 Å². The Hall–Kier alpha value is -2.90. The molecular formula is C64H108N2O48. The Bertz CT molecular complexity index is 2990. The second-order valence-electron chi connectivity index (χ2n) is 29.5. The lowest BCUT2D eigenvalue weighted by molar-refractivity contribution is -0.412. The lowest BCUT2D eigenvalue weighted by Crippen LogP contribution is -2.72. The van der Waals surface area contributed by atoms with E-state index in [4.69, 9.17) is 90.0 Å². The van der Waals surface area contributed by atoms with Crippen molar-refractivity contribution in [1.82, 2.24) is 10.6 Å².